The summed E-state index contributed by atoms with van der Waals surface area (Å²) in [6, 6.07) is 11.6. The molecule has 0 atom stereocenters. The smallest absolute Gasteiger partial charge is 0.275 e. The van der Waals surface area contributed by atoms with Crippen molar-refractivity contribution in [3.05, 3.63) is 52.9 Å². The highest BCUT2D eigenvalue weighted by Crippen LogP contribution is 2.35. The van der Waals surface area contributed by atoms with Gasteiger partial charge in [0.15, 0.2) is 11.5 Å². The highest BCUT2D eigenvalue weighted by molar-refractivity contribution is 5.96. The van der Waals surface area contributed by atoms with Crippen LogP contribution in [0.5, 0.6) is 11.5 Å². The summed E-state index contributed by atoms with van der Waals surface area (Å²) in [4.78, 5) is 20.4. The molecule has 28 heavy (non-hydrogen) atoms. The second kappa shape index (κ2) is 6.69. The van der Waals surface area contributed by atoms with Crippen LogP contribution >= 0.6 is 0 Å². The lowest BCUT2D eigenvalue weighted by Crippen LogP contribution is -2.11. The number of H-pyrrole nitrogens is 1. The van der Waals surface area contributed by atoms with E-state index in [0.29, 0.717) is 34.8 Å². The number of nitrogens with zero attached hydrogens (tertiary/aromatic N) is 2. The molecule has 2 aromatic heterocycles. The normalized spacial score (nSPS) is 12.9. The van der Waals surface area contributed by atoms with Crippen molar-refractivity contribution < 1.29 is 9.47 Å². The molecule has 0 radical (unpaired) electrons. The topological polar surface area (TPSA) is 95.2 Å². The SMILES string of the molecule is NCCCCn1cc(-c2nc3cc4c(cc3[nH]c2=O)OCO4)c2ccccc21. The molecule has 3 N–H and O–H groups in total. The van der Waals surface area contributed by atoms with Crippen molar-refractivity contribution in [2.75, 3.05) is 13.3 Å². The second-order valence-corrected chi connectivity index (χ2v) is 6.89. The lowest BCUT2D eigenvalue weighted by Gasteiger charge is -2.04. The molecule has 1 aliphatic rings. The molecular formula is C21H20N4O3. The van der Waals surface area contributed by atoms with Gasteiger partial charge in [-0.05, 0) is 25.5 Å². The molecule has 4 aromatic rings. The number of aryl methyl sites for hydroxylation is 1. The number of unbranched alkanes of at least 4 members (excludes halogenated alkanes) is 1. The van der Waals surface area contributed by atoms with E-state index in [-0.39, 0.29) is 12.4 Å². The van der Waals surface area contributed by atoms with Crippen molar-refractivity contribution in [1.29, 1.82) is 0 Å². The Bertz CT molecular complexity index is 1240. The van der Waals surface area contributed by atoms with Gasteiger partial charge in [-0.25, -0.2) is 4.98 Å². The third kappa shape index (κ3) is 2.71. The Labute approximate surface area is 160 Å². The molecule has 3 heterocycles. The molecule has 0 aliphatic carbocycles. The van der Waals surface area contributed by atoms with Gasteiger partial charge < -0.3 is 24.8 Å². The Kier molecular flexibility index (Phi) is 4.02. The lowest BCUT2D eigenvalue weighted by atomic mass is 10.1. The standard InChI is InChI=1S/C21H20N4O3/c22-7-3-4-8-25-11-14(13-5-1-2-6-17(13)25)20-21(26)24-16-10-19-18(27-12-28-19)9-15(16)23-20/h1-2,5-6,9-11H,3-4,7-8,12,22H2,(H,24,26). The molecule has 142 valence electrons. The predicted molar refractivity (Wildman–Crippen MR) is 108 cm³/mol. The summed E-state index contributed by atoms with van der Waals surface area (Å²) in [6.07, 6.45) is 3.96. The number of benzene rings is 2. The number of rotatable bonds is 5. The van der Waals surface area contributed by atoms with Crippen LogP contribution in [0.15, 0.2) is 47.4 Å². The summed E-state index contributed by atoms with van der Waals surface area (Å²) in [5.74, 6) is 1.26. The molecule has 0 amide bonds. The number of nitrogens with two attached hydrogens (primary N) is 1. The van der Waals surface area contributed by atoms with Crippen molar-refractivity contribution >= 4 is 21.9 Å². The van der Waals surface area contributed by atoms with Gasteiger partial charge in [-0.2, -0.15) is 0 Å². The highest BCUT2D eigenvalue weighted by Gasteiger charge is 2.18. The molecule has 0 bridgehead atoms. The second-order valence-electron chi connectivity index (χ2n) is 6.89. The number of hydrogen-bond acceptors (Lipinski definition) is 5. The number of ether oxygens (including phenoxy) is 2. The van der Waals surface area contributed by atoms with E-state index in [9.17, 15) is 4.79 Å². The summed E-state index contributed by atoms with van der Waals surface area (Å²) < 4.78 is 13.0. The first-order chi connectivity index (χ1) is 13.7. The number of para-hydroxylation sites is 1. The highest BCUT2D eigenvalue weighted by atomic mass is 16.7. The van der Waals surface area contributed by atoms with E-state index in [1.54, 1.807) is 12.1 Å². The Morgan fingerprint density at radius 1 is 1.14 bits per heavy atom. The van der Waals surface area contributed by atoms with Crippen LogP contribution in [0.4, 0.5) is 0 Å². The molecule has 7 nitrogen and oxygen atoms in total. The van der Waals surface area contributed by atoms with E-state index in [2.05, 4.69) is 20.6 Å². The van der Waals surface area contributed by atoms with Crippen LogP contribution in [0.1, 0.15) is 12.8 Å². The van der Waals surface area contributed by atoms with Crippen LogP contribution in [0.3, 0.4) is 0 Å². The van der Waals surface area contributed by atoms with Crippen LogP contribution < -0.4 is 20.8 Å². The summed E-state index contributed by atoms with van der Waals surface area (Å²) in [7, 11) is 0. The Balaban J connectivity index is 1.67. The van der Waals surface area contributed by atoms with E-state index in [0.717, 1.165) is 35.9 Å². The molecule has 0 spiro atoms. The van der Waals surface area contributed by atoms with Gasteiger partial charge in [0, 0.05) is 41.3 Å². The Hall–Kier alpha value is -3.32. The van der Waals surface area contributed by atoms with Crippen LogP contribution in [0.25, 0.3) is 33.2 Å². The van der Waals surface area contributed by atoms with Crippen molar-refractivity contribution in [3.63, 3.8) is 0 Å². The van der Waals surface area contributed by atoms with Crippen LogP contribution in [0.2, 0.25) is 0 Å². The quantitative estimate of drug-likeness (QED) is 0.522. The summed E-state index contributed by atoms with van der Waals surface area (Å²) >= 11 is 0. The van der Waals surface area contributed by atoms with Gasteiger partial charge in [0.25, 0.3) is 5.56 Å². The first kappa shape index (κ1) is 16.8. The molecule has 5 rings (SSSR count). The zero-order valence-electron chi connectivity index (χ0n) is 15.3. The fourth-order valence-corrected chi connectivity index (χ4v) is 3.71. The van der Waals surface area contributed by atoms with E-state index in [1.165, 1.54) is 0 Å². The molecular weight excluding hydrogens is 356 g/mol. The Morgan fingerprint density at radius 2 is 1.96 bits per heavy atom. The third-order valence-electron chi connectivity index (χ3n) is 5.08. The van der Waals surface area contributed by atoms with Gasteiger partial charge in [0.2, 0.25) is 6.79 Å². The first-order valence-electron chi connectivity index (χ1n) is 9.36. The largest absolute Gasteiger partial charge is 0.454 e. The average molecular weight is 376 g/mol. The molecule has 1 aliphatic heterocycles. The Morgan fingerprint density at radius 3 is 2.82 bits per heavy atom. The van der Waals surface area contributed by atoms with Gasteiger partial charge in [0.1, 0.15) is 5.69 Å². The predicted octanol–water partition coefficient (Wildman–Crippen LogP) is 3.01. The average Bonchev–Trinajstić information content (AvgIpc) is 3.30. The summed E-state index contributed by atoms with van der Waals surface area (Å²) in [6.45, 7) is 1.70. The number of aromatic nitrogens is 3. The van der Waals surface area contributed by atoms with Crippen molar-refractivity contribution in [2.45, 2.75) is 19.4 Å². The molecule has 0 unspecified atom stereocenters. The van der Waals surface area contributed by atoms with E-state index < -0.39 is 0 Å². The fourth-order valence-electron chi connectivity index (χ4n) is 3.71. The maximum Gasteiger partial charge on any atom is 0.275 e. The van der Waals surface area contributed by atoms with Crippen molar-refractivity contribution in [1.82, 2.24) is 14.5 Å². The summed E-state index contributed by atoms with van der Waals surface area (Å²) in [5.41, 5.74) is 9.01. The zero-order valence-corrected chi connectivity index (χ0v) is 15.3. The lowest BCUT2D eigenvalue weighted by molar-refractivity contribution is 0.174. The molecule has 0 fully saturated rings. The number of hydrogen-bond donors (Lipinski definition) is 2. The molecule has 0 saturated heterocycles. The van der Waals surface area contributed by atoms with E-state index in [1.807, 2.05) is 24.4 Å². The maximum absolute atomic E-state index is 12.8. The van der Waals surface area contributed by atoms with Gasteiger partial charge in [-0.1, -0.05) is 18.2 Å². The van der Waals surface area contributed by atoms with Crippen LogP contribution in [0, 0.1) is 0 Å². The van der Waals surface area contributed by atoms with Gasteiger partial charge >= 0.3 is 0 Å². The van der Waals surface area contributed by atoms with Gasteiger partial charge in [-0.15, -0.1) is 0 Å². The monoisotopic (exact) mass is 376 g/mol. The number of aromatic amines is 1. The minimum Gasteiger partial charge on any atom is -0.454 e. The summed E-state index contributed by atoms with van der Waals surface area (Å²) in [5, 5.41) is 1.01. The maximum atomic E-state index is 12.8. The van der Waals surface area contributed by atoms with Gasteiger partial charge in [0.05, 0.1) is 11.0 Å². The van der Waals surface area contributed by atoms with Gasteiger partial charge in [-0.3, -0.25) is 4.79 Å². The third-order valence-corrected chi connectivity index (χ3v) is 5.08. The van der Waals surface area contributed by atoms with E-state index >= 15 is 0 Å². The number of nitrogens with one attached hydrogen (secondary N) is 1. The molecule has 7 heteroatoms. The molecule has 0 saturated carbocycles. The fraction of sp³-hybridized carbons (Fsp3) is 0.238. The minimum atomic E-state index is -0.226. The first-order valence-corrected chi connectivity index (χ1v) is 9.36. The zero-order chi connectivity index (χ0) is 19.1. The van der Waals surface area contributed by atoms with Crippen molar-refractivity contribution in [2.24, 2.45) is 5.73 Å². The van der Waals surface area contributed by atoms with Crippen molar-refractivity contribution in [3.8, 4) is 22.8 Å². The van der Waals surface area contributed by atoms with E-state index in [4.69, 9.17) is 15.2 Å². The molecule has 2 aromatic carbocycles. The van der Waals surface area contributed by atoms with Crippen LogP contribution in [-0.4, -0.2) is 27.9 Å². The number of fused-ring (bicyclic) bond motifs is 3. The minimum absolute atomic E-state index is 0.180. The van der Waals surface area contributed by atoms with Crippen LogP contribution in [-0.2, 0) is 6.54 Å².